The molecule has 34 heavy (non-hydrogen) atoms. The molecular formula is C30H27NO3. The van der Waals surface area contributed by atoms with Gasteiger partial charge in [0.2, 0.25) is 0 Å². The first-order valence-electron chi connectivity index (χ1n) is 11.6. The number of carbonyl (C=O) groups is 1. The zero-order valence-corrected chi connectivity index (χ0v) is 19.5. The first-order chi connectivity index (χ1) is 16.6. The van der Waals surface area contributed by atoms with Crippen molar-refractivity contribution in [2.24, 2.45) is 0 Å². The van der Waals surface area contributed by atoms with Crippen molar-refractivity contribution in [2.75, 3.05) is 13.2 Å². The Labute approximate surface area is 199 Å². The molecular weight excluding hydrogens is 422 g/mol. The molecule has 170 valence electrons. The number of pyridine rings is 1. The quantitative estimate of drug-likeness (QED) is 0.247. The van der Waals surface area contributed by atoms with Crippen LogP contribution in [0.4, 0.5) is 0 Å². The molecule has 0 saturated carbocycles. The Morgan fingerprint density at radius 2 is 1.59 bits per heavy atom. The largest absolute Gasteiger partial charge is 0.490 e. The second kappa shape index (κ2) is 9.52. The summed E-state index contributed by atoms with van der Waals surface area (Å²) in [6.45, 7) is 4.60. The average molecular weight is 450 g/mol. The number of aromatic nitrogens is 1. The third-order valence-corrected chi connectivity index (χ3v) is 6.17. The van der Waals surface area contributed by atoms with Gasteiger partial charge in [-0.3, -0.25) is 0 Å². The maximum atomic E-state index is 13.3. The van der Waals surface area contributed by atoms with E-state index in [-0.39, 0.29) is 12.6 Å². The van der Waals surface area contributed by atoms with Gasteiger partial charge >= 0.3 is 5.97 Å². The number of esters is 1. The van der Waals surface area contributed by atoms with E-state index in [9.17, 15) is 4.79 Å². The maximum Gasteiger partial charge on any atom is 0.339 e. The third-order valence-electron chi connectivity index (χ3n) is 6.17. The van der Waals surface area contributed by atoms with Gasteiger partial charge in [0.25, 0.3) is 0 Å². The molecule has 3 aromatic carbocycles. The van der Waals surface area contributed by atoms with Gasteiger partial charge in [-0.05, 0) is 67.7 Å². The highest BCUT2D eigenvalue weighted by molar-refractivity contribution is 6.07. The predicted octanol–water partition coefficient (Wildman–Crippen LogP) is 6.57. The van der Waals surface area contributed by atoms with Crippen LogP contribution < -0.4 is 4.74 Å². The molecule has 0 saturated heterocycles. The monoisotopic (exact) mass is 449 g/mol. The Morgan fingerprint density at radius 3 is 2.35 bits per heavy atom. The fourth-order valence-corrected chi connectivity index (χ4v) is 4.38. The number of nitrogens with zero attached hydrogens (tertiary/aromatic N) is 1. The molecule has 0 unspecified atom stereocenters. The molecule has 0 spiro atoms. The van der Waals surface area contributed by atoms with Gasteiger partial charge in [-0.1, -0.05) is 65.7 Å². The molecule has 1 aliphatic rings. The molecule has 4 heteroatoms. The molecule has 1 aromatic heterocycles. The lowest BCUT2D eigenvalue weighted by molar-refractivity contribution is 0.0451. The Morgan fingerprint density at radius 1 is 0.882 bits per heavy atom. The minimum absolute atomic E-state index is 0.185. The van der Waals surface area contributed by atoms with Crippen LogP contribution in [0.25, 0.3) is 22.6 Å². The fraction of sp³-hybridized carbons (Fsp3) is 0.200. The Hall–Kier alpha value is -3.92. The smallest absolute Gasteiger partial charge is 0.339 e. The molecule has 0 N–H and O–H groups in total. The number of benzene rings is 3. The molecule has 4 aromatic rings. The summed E-state index contributed by atoms with van der Waals surface area (Å²) in [5, 5.41) is 0.835. The highest BCUT2D eigenvalue weighted by Crippen LogP contribution is 2.37. The lowest BCUT2D eigenvalue weighted by Crippen LogP contribution is -2.15. The van der Waals surface area contributed by atoms with Crippen molar-refractivity contribution in [3.05, 3.63) is 106 Å². The lowest BCUT2D eigenvalue weighted by atomic mass is 10.0. The average Bonchev–Trinajstić information content (AvgIpc) is 3.24. The first kappa shape index (κ1) is 21.9. The number of hydrogen-bond acceptors (Lipinski definition) is 4. The fourth-order valence-electron chi connectivity index (χ4n) is 4.38. The molecule has 1 aliphatic carbocycles. The molecule has 0 fully saturated rings. The van der Waals surface area contributed by atoms with E-state index in [1.807, 2.05) is 55.5 Å². The van der Waals surface area contributed by atoms with Crippen LogP contribution in [0.3, 0.4) is 0 Å². The van der Waals surface area contributed by atoms with Crippen molar-refractivity contribution >= 4 is 28.5 Å². The highest BCUT2D eigenvalue weighted by atomic mass is 16.6. The Bertz CT molecular complexity index is 1370. The second-order valence-electron chi connectivity index (χ2n) is 8.71. The van der Waals surface area contributed by atoms with Crippen LogP contribution >= 0.6 is 0 Å². The van der Waals surface area contributed by atoms with Gasteiger partial charge in [-0.25, -0.2) is 9.78 Å². The zero-order valence-electron chi connectivity index (χ0n) is 19.5. The van der Waals surface area contributed by atoms with Crippen LogP contribution in [0.1, 0.15) is 44.7 Å². The van der Waals surface area contributed by atoms with E-state index >= 15 is 0 Å². The molecule has 5 rings (SSSR count). The summed E-state index contributed by atoms with van der Waals surface area (Å²) < 4.78 is 11.4. The van der Waals surface area contributed by atoms with E-state index in [4.69, 9.17) is 14.5 Å². The van der Waals surface area contributed by atoms with E-state index in [1.54, 1.807) is 0 Å². The van der Waals surface area contributed by atoms with Crippen molar-refractivity contribution in [1.82, 2.24) is 4.98 Å². The van der Waals surface area contributed by atoms with Gasteiger partial charge < -0.3 is 9.47 Å². The van der Waals surface area contributed by atoms with Crippen molar-refractivity contribution < 1.29 is 14.3 Å². The summed E-state index contributed by atoms with van der Waals surface area (Å²) in [6.07, 6.45) is 3.80. The van der Waals surface area contributed by atoms with Crippen molar-refractivity contribution in [2.45, 2.75) is 26.7 Å². The summed E-state index contributed by atoms with van der Waals surface area (Å²) in [5.74, 6) is 0.446. The summed E-state index contributed by atoms with van der Waals surface area (Å²) >= 11 is 0. The highest BCUT2D eigenvalue weighted by Gasteiger charge is 2.27. The number of aryl methyl sites for hydroxylation is 2. The second-order valence-corrected chi connectivity index (χ2v) is 8.71. The maximum absolute atomic E-state index is 13.3. The zero-order chi connectivity index (χ0) is 23.5. The van der Waals surface area contributed by atoms with Crippen LogP contribution in [0.2, 0.25) is 0 Å². The number of fused-ring (bicyclic) bond motifs is 2. The molecule has 1 heterocycles. The number of rotatable bonds is 6. The van der Waals surface area contributed by atoms with Gasteiger partial charge in [0.15, 0.2) is 0 Å². The topological polar surface area (TPSA) is 48.4 Å². The van der Waals surface area contributed by atoms with Crippen LogP contribution in [0.5, 0.6) is 5.75 Å². The SMILES string of the molecule is Cc1ccc(C=C2CCc3c2nc2ccccc2c3C(=O)OCCOc2ccc(C)cc2)cc1. The number of carbonyl (C=O) groups excluding carboxylic acids is 1. The van der Waals surface area contributed by atoms with Gasteiger partial charge in [-0.15, -0.1) is 0 Å². The lowest BCUT2D eigenvalue weighted by Gasteiger charge is -2.13. The standard InChI is InChI=1S/C30H27NO3/c1-20-7-11-22(12-8-20)19-23-13-16-26-28(25-5-3-4-6-27(25)31-29(23)26)30(32)34-18-17-33-24-14-9-21(2)10-15-24/h3-12,14-15,19H,13,16-18H2,1-2H3. The molecule has 4 nitrogen and oxygen atoms in total. The molecule has 0 bridgehead atoms. The van der Waals surface area contributed by atoms with Crippen LogP contribution in [-0.4, -0.2) is 24.2 Å². The minimum atomic E-state index is -0.320. The number of hydrogen-bond donors (Lipinski definition) is 0. The third kappa shape index (κ3) is 4.58. The van der Waals surface area contributed by atoms with Crippen LogP contribution in [0.15, 0.2) is 72.8 Å². The van der Waals surface area contributed by atoms with E-state index in [2.05, 4.69) is 37.3 Å². The summed E-state index contributed by atoms with van der Waals surface area (Å²) in [7, 11) is 0. The van der Waals surface area contributed by atoms with Gasteiger partial charge in [0, 0.05) is 5.39 Å². The molecule has 0 amide bonds. The summed E-state index contributed by atoms with van der Waals surface area (Å²) in [6, 6.07) is 24.1. The van der Waals surface area contributed by atoms with E-state index < -0.39 is 0 Å². The summed E-state index contributed by atoms with van der Waals surface area (Å²) in [5.41, 5.74) is 8.01. The number of ether oxygens (including phenoxy) is 2. The first-order valence-corrected chi connectivity index (χ1v) is 11.6. The normalized spacial score (nSPS) is 13.8. The molecule has 0 aliphatic heterocycles. The Balaban J connectivity index is 1.40. The Kier molecular flexibility index (Phi) is 6.13. The molecule has 0 atom stereocenters. The van der Waals surface area contributed by atoms with Crippen LogP contribution in [-0.2, 0) is 11.2 Å². The van der Waals surface area contributed by atoms with E-state index in [0.29, 0.717) is 12.2 Å². The van der Waals surface area contributed by atoms with Crippen LogP contribution in [0, 0.1) is 13.8 Å². The van der Waals surface area contributed by atoms with E-state index in [0.717, 1.165) is 51.9 Å². The van der Waals surface area contributed by atoms with Gasteiger partial charge in [0.1, 0.15) is 19.0 Å². The van der Waals surface area contributed by atoms with E-state index in [1.165, 1.54) is 11.1 Å². The molecule has 0 radical (unpaired) electrons. The number of para-hydroxylation sites is 1. The minimum Gasteiger partial charge on any atom is -0.490 e. The van der Waals surface area contributed by atoms with Gasteiger partial charge in [0.05, 0.1) is 16.8 Å². The van der Waals surface area contributed by atoms with Crippen molar-refractivity contribution in [3.8, 4) is 5.75 Å². The van der Waals surface area contributed by atoms with Crippen molar-refractivity contribution in [1.29, 1.82) is 0 Å². The van der Waals surface area contributed by atoms with Gasteiger partial charge in [-0.2, -0.15) is 0 Å². The predicted molar refractivity (Wildman–Crippen MR) is 136 cm³/mol. The van der Waals surface area contributed by atoms with Crippen molar-refractivity contribution in [3.63, 3.8) is 0 Å². The number of allylic oxidation sites excluding steroid dienone is 1. The summed E-state index contributed by atoms with van der Waals surface area (Å²) in [4.78, 5) is 18.2.